The summed E-state index contributed by atoms with van der Waals surface area (Å²) in [6, 6.07) is 3.43. The van der Waals surface area contributed by atoms with Crippen molar-refractivity contribution in [1.29, 1.82) is 0 Å². The van der Waals surface area contributed by atoms with Gasteiger partial charge in [0, 0.05) is 31.1 Å². The molecule has 0 bridgehead atoms. The van der Waals surface area contributed by atoms with E-state index in [-0.39, 0.29) is 28.7 Å². The number of fused-ring (bicyclic) bond motifs is 1. The normalized spacial score (nSPS) is 23.2. The molecule has 1 aromatic rings. The second-order valence-corrected chi connectivity index (χ2v) is 11.8. The van der Waals surface area contributed by atoms with Gasteiger partial charge in [-0.2, -0.15) is 4.31 Å². The standard InChI is InChI=1S/C25H37N3O5S/c1-3-21-25(30)27-20-15-17(2)23(16-22(20)33-21)34(31,32)28-13-11-18(12-14-28)24(29)26-19-9-7-5-4-6-8-10-19/h15-16,18-19,21H,3-14H2,1-2H3,(H,26,29)(H,27,30)/t21-/m0/s1. The Morgan fingerprint density at radius 2 is 1.74 bits per heavy atom. The zero-order valence-electron chi connectivity index (χ0n) is 20.3. The Morgan fingerprint density at radius 1 is 1.09 bits per heavy atom. The van der Waals surface area contributed by atoms with E-state index in [1.165, 1.54) is 29.6 Å². The van der Waals surface area contributed by atoms with Gasteiger partial charge < -0.3 is 15.4 Å². The molecule has 1 aliphatic carbocycles. The fourth-order valence-electron chi connectivity index (χ4n) is 5.25. The first-order valence-electron chi connectivity index (χ1n) is 12.7. The van der Waals surface area contributed by atoms with E-state index in [2.05, 4.69) is 10.6 Å². The molecule has 4 rings (SSSR count). The van der Waals surface area contributed by atoms with Crippen molar-refractivity contribution in [2.24, 2.45) is 5.92 Å². The Hall–Kier alpha value is -2.13. The molecule has 34 heavy (non-hydrogen) atoms. The number of rotatable bonds is 5. The molecule has 2 amide bonds. The molecule has 9 heteroatoms. The molecule has 1 saturated heterocycles. The van der Waals surface area contributed by atoms with Gasteiger partial charge in [-0.15, -0.1) is 0 Å². The van der Waals surface area contributed by atoms with Crippen LogP contribution in [0.3, 0.4) is 0 Å². The van der Waals surface area contributed by atoms with Gasteiger partial charge in [0.05, 0.1) is 10.6 Å². The summed E-state index contributed by atoms with van der Waals surface area (Å²) in [6.45, 7) is 4.20. The molecule has 8 nitrogen and oxygen atoms in total. The fourth-order valence-corrected chi connectivity index (χ4v) is 6.94. The molecule has 2 aliphatic heterocycles. The van der Waals surface area contributed by atoms with Crippen molar-refractivity contribution < 1.29 is 22.7 Å². The van der Waals surface area contributed by atoms with Crippen LogP contribution in [0.15, 0.2) is 17.0 Å². The number of ether oxygens (including phenoxy) is 1. The second-order valence-electron chi connectivity index (χ2n) is 9.85. The van der Waals surface area contributed by atoms with E-state index < -0.39 is 16.1 Å². The van der Waals surface area contributed by atoms with Crippen LogP contribution in [0.5, 0.6) is 5.75 Å². The third-order valence-corrected chi connectivity index (χ3v) is 9.40. The molecule has 0 unspecified atom stereocenters. The van der Waals surface area contributed by atoms with E-state index in [0.717, 1.165) is 25.7 Å². The number of aryl methyl sites for hydroxylation is 1. The average molecular weight is 492 g/mol. The topological polar surface area (TPSA) is 105 Å². The van der Waals surface area contributed by atoms with E-state index in [4.69, 9.17) is 4.74 Å². The van der Waals surface area contributed by atoms with Crippen LogP contribution in [-0.4, -0.2) is 49.8 Å². The van der Waals surface area contributed by atoms with Crippen molar-refractivity contribution in [2.75, 3.05) is 18.4 Å². The van der Waals surface area contributed by atoms with Crippen LogP contribution < -0.4 is 15.4 Å². The molecule has 2 fully saturated rings. The number of anilines is 1. The van der Waals surface area contributed by atoms with Gasteiger partial charge in [-0.1, -0.05) is 39.0 Å². The predicted molar refractivity (Wildman–Crippen MR) is 130 cm³/mol. The molecule has 0 spiro atoms. The monoisotopic (exact) mass is 491 g/mol. The summed E-state index contributed by atoms with van der Waals surface area (Å²) < 4.78 is 34.1. The quantitative estimate of drug-likeness (QED) is 0.653. The first-order valence-corrected chi connectivity index (χ1v) is 14.2. The number of nitrogens with zero attached hydrogens (tertiary/aromatic N) is 1. The van der Waals surface area contributed by atoms with Crippen molar-refractivity contribution in [3.63, 3.8) is 0 Å². The van der Waals surface area contributed by atoms with Crippen molar-refractivity contribution in [2.45, 2.75) is 95.1 Å². The number of benzene rings is 1. The highest BCUT2D eigenvalue weighted by molar-refractivity contribution is 7.89. The van der Waals surface area contributed by atoms with Crippen molar-refractivity contribution in [3.8, 4) is 5.75 Å². The summed E-state index contributed by atoms with van der Waals surface area (Å²) in [4.78, 5) is 25.1. The summed E-state index contributed by atoms with van der Waals surface area (Å²) in [7, 11) is -3.74. The van der Waals surface area contributed by atoms with Gasteiger partial charge >= 0.3 is 0 Å². The Balaban J connectivity index is 1.40. The number of carbonyl (C=O) groups is 2. The summed E-state index contributed by atoms with van der Waals surface area (Å²) in [5.74, 6) is 0.0848. The van der Waals surface area contributed by atoms with Gasteiger partial charge in [0.2, 0.25) is 15.9 Å². The largest absolute Gasteiger partial charge is 0.478 e. The van der Waals surface area contributed by atoms with Gasteiger partial charge in [-0.3, -0.25) is 9.59 Å². The zero-order chi connectivity index (χ0) is 24.3. The minimum absolute atomic E-state index is 0.0716. The number of hydrogen-bond donors (Lipinski definition) is 2. The smallest absolute Gasteiger partial charge is 0.265 e. The number of piperidine rings is 1. The van der Waals surface area contributed by atoms with Crippen LogP contribution in [0, 0.1) is 12.8 Å². The maximum atomic E-state index is 13.5. The lowest BCUT2D eigenvalue weighted by Gasteiger charge is -2.32. The molecular weight excluding hydrogens is 454 g/mol. The van der Waals surface area contributed by atoms with Crippen molar-refractivity contribution >= 4 is 27.5 Å². The Labute approximate surface area is 202 Å². The van der Waals surface area contributed by atoms with Crippen LogP contribution >= 0.6 is 0 Å². The van der Waals surface area contributed by atoms with Crippen LogP contribution in [0.4, 0.5) is 5.69 Å². The first-order chi connectivity index (χ1) is 16.3. The summed E-state index contributed by atoms with van der Waals surface area (Å²) in [5.41, 5.74) is 1.05. The van der Waals surface area contributed by atoms with Crippen LogP contribution in [0.25, 0.3) is 0 Å². The van der Waals surface area contributed by atoms with Gasteiger partial charge in [-0.05, 0) is 50.7 Å². The maximum absolute atomic E-state index is 13.5. The molecule has 3 aliphatic rings. The lowest BCUT2D eigenvalue weighted by atomic mass is 9.94. The number of hydrogen-bond acceptors (Lipinski definition) is 5. The van der Waals surface area contributed by atoms with Crippen molar-refractivity contribution in [3.05, 3.63) is 17.7 Å². The SMILES string of the molecule is CC[C@@H]1Oc2cc(S(=O)(=O)N3CCC(C(=O)NC4CCCCCCC4)CC3)c(C)cc2NC1=O. The molecular formula is C25H37N3O5S. The summed E-state index contributed by atoms with van der Waals surface area (Å²) in [6.07, 6.45) is 9.08. The predicted octanol–water partition coefficient (Wildman–Crippen LogP) is 3.73. The highest BCUT2D eigenvalue weighted by Gasteiger charge is 2.35. The molecule has 1 atom stereocenters. The minimum Gasteiger partial charge on any atom is -0.478 e. The second kappa shape index (κ2) is 10.6. The third kappa shape index (κ3) is 5.40. The van der Waals surface area contributed by atoms with Crippen LogP contribution in [0.2, 0.25) is 0 Å². The Morgan fingerprint density at radius 3 is 2.38 bits per heavy atom. The molecule has 0 radical (unpaired) electrons. The van der Waals surface area contributed by atoms with E-state index in [9.17, 15) is 18.0 Å². The van der Waals surface area contributed by atoms with Gasteiger partial charge in [-0.25, -0.2) is 8.42 Å². The number of carbonyl (C=O) groups excluding carboxylic acids is 2. The van der Waals surface area contributed by atoms with Gasteiger partial charge in [0.1, 0.15) is 5.75 Å². The zero-order valence-corrected chi connectivity index (χ0v) is 21.1. The van der Waals surface area contributed by atoms with Gasteiger partial charge in [0.15, 0.2) is 6.10 Å². The lowest BCUT2D eigenvalue weighted by Crippen LogP contribution is -2.45. The van der Waals surface area contributed by atoms with Gasteiger partial charge in [0.25, 0.3) is 5.91 Å². The van der Waals surface area contributed by atoms with Crippen molar-refractivity contribution in [1.82, 2.24) is 9.62 Å². The number of amides is 2. The van der Waals surface area contributed by atoms with E-state index in [1.807, 2.05) is 6.92 Å². The number of sulfonamides is 1. The first kappa shape index (κ1) is 25.0. The van der Waals surface area contributed by atoms with E-state index >= 15 is 0 Å². The summed E-state index contributed by atoms with van der Waals surface area (Å²) >= 11 is 0. The Kier molecular flexibility index (Phi) is 7.82. The fraction of sp³-hybridized carbons (Fsp3) is 0.680. The molecule has 188 valence electrons. The molecule has 1 aromatic carbocycles. The highest BCUT2D eigenvalue weighted by atomic mass is 32.2. The highest BCUT2D eigenvalue weighted by Crippen LogP contribution is 2.36. The molecule has 2 heterocycles. The van der Waals surface area contributed by atoms with E-state index in [1.54, 1.807) is 13.0 Å². The van der Waals surface area contributed by atoms with Crippen LogP contribution in [-0.2, 0) is 19.6 Å². The number of nitrogens with one attached hydrogen (secondary N) is 2. The molecule has 2 N–H and O–H groups in total. The lowest BCUT2D eigenvalue weighted by molar-refractivity contribution is -0.127. The third-order valence-electron chi connectivity index (χ3n) is 7.36. The Bertz CT molecular complexity index is 1010. The molecule has 0 aromatic heterocycles. The van der Waals surface area contributed by atoms with Crippen LogP contribution in [0.1, 0.15) is 76.7 Å². The minimum atomic E-state index is -3.74. The average Bonchev–Trinajstić information content (AvgIpc) is 2.80. The summed E-state index contributed by atoms with van der Waals surface area (Å²) in [5, 5.41) is 6.04. The maximum Gasteiger partial charge on any atom is 0.265 e. The van der Waals surface area contributed by atoms with E-state index in [0.29, 0.717) is 49.4 Å². The molecule has 1 saturated carbocycles.